The molecule has 36 heavy (non-hydrogen) atoms. The van der Waals surface area contributed by atoms with Gasteiger partial charge in [-0.3, -0.25) is 0 Å². The van der Waals surface area contributed by atoms with Gasteiger partial charge in [0.05, 0.1) is 29.9 Å². The van der Waals surface area contributed by atoms with Crippen molar-refractivity contribution in [3.8, 4) is 17.6 Å². The molecule has 4 atom stereocenters. The fourth-order valence-electron chi connectivity index (χ4n) is 3.93. The first-order valence-electron chi connectivity index (χ1n) is 11.2. The van der Waals surface area contributed by atoms with E-state index in [0.29, 0.717) is 5.52 Å². The first-order valence-corrected chi connectivity index (χ1v) is 11.6. The summed E-state index contributed by atoms with van der Waals surface area (Å²) in [6.45, 7) is 2.79. The lowest BCUT2D eigenvalue weighted by Crippen LogP contribution is -2.34. The van der Waals surface area contributed by atoms with Crippen molar-refractivity contribution in [1.82, 2.24) is 15.0 Å². The Hall–Kier alpha value is -2.77. The van der Waals surface area contributed by atoms with E-state index in [-0.39, 0.29) is 53.7 Å². The van der Waals surface area contributed by atoms with Crippen LogP contribution in [-0.2, 0) is 16.1 Å². The van der Waals surface area contributed by atoms with Gasteiger partial charge in [0.25, 0.3) is 6.01 Å². The normalized spacial score (nSPS) is 23.8. The topological polar surface area (TPSA) is 128 Å². The van der Waals surface area contributed by atoms with Crippen molar-refractivity contribution in [2.75, 3.05) is 19.8 Å². The van der Waals surface area contributed by atoms with Gasteiger partial charge in [0, 0.05) is 12.1 Å². The molecule has 0 amide bonds. The highest BCUT2D eigenvalue weighted by Gasteiger charge is 2.48. The molecular weight excluding hydrogens is 504 g/mol. The molecule has 1 unspecified atom stereocenters. The minimum Gasteiger partial charge on any atom is -0.490 e. The molecule has 10 nitrogen and oxygen atoms in total. The molecule has 5 rings (SSSR count). The molecule has 2 aromatic heterocycles. The minimum atomic E-state index is -1.16. The van der Waals surface area contributed by atoms with E-state index >= 15 is 0 Å². The van der Waals surface area contributed by atoms with E-state index in [0.717, 1.165) is 12.1 Å². The maximum absolute atomic E-state index is 14.5. The summed E-state index contributed by atoms with van der Waals surface area (Å²) in [4.78, 5) is 11.4. The number of fused-ring (bicyclic) bond motifs is 2. The highest BCUT2D eigenvalue weighted by Crippen LogP contribution is 2.32. The van der Waals surface area contributed by atoms with Gasteiger partial charge in [0.2, 0.25) is 5.88 Å². The number of aromatic amines is 1. The maximum Gasteiger partial charge on any atom is 0.296 e. The van der Waals surface area contributed by atoms with Crippen molar-refractivity contribution in [2.45, 2.75) is 50.5 Å². The second kappa shape index (κ2) is 9.60. The summed E-state index contributed by atoms with van der Waals surface area (Å²) in [5.41, 5.74) is -0.837. The Morgan fingerprint density at radius 1 is 1.11 bits per heavy atom. The summed E-state index contributed by atoms with van der Waals surface area (Å²) in [6, 6.07) is 3.66. The van der Waals surface area contributed by atoms with Crippen LogP contribution in [0, 0.1) is 11.6 Å². The smallest absolute Gasteiger partial charge is 0.296 e. The molecule has 4 heterocycles. The largest absolute Gasteiger partial charge is 0.490 e. The summed E-state index contributed by atoms with van der Waals surface area (Å²) >= 11 is 6.25. The number of ether oxygens (including phenoxy) is 5. The third-order valence-electron chi connectivity index (χ3n) is 5.68. The monoisotopic (exact) mass is 527 g/mol. The summed E-state index contributed by atoms with van der Waals surface area (Å²) < 4.78 is 56.7. The molecule has 0 spiro atoms. The number of nitrogens with zero attached hydrogens (tertiary/aromatic N) is 2. The number of halogens is 3. The van der Waals surface area contributed by atoms with Crippen molar-refractivity contribution in [1.29, 1.82) is 0 Å². The second-order valence-corrected chi connectivity index (χ2v) is 9.67. The Kier molecular flexibility index (Phi) is 6.64. The average Bonchev–Trinajstić information content (AvgIpc) is 3.48. The molecule has 3 N–H and O–H groups in total. The number of hydrogen-bond acceptors (Lipinski definition) is 9. The number of nitrogens with one attached hydrogen (secondary N) is 1. The lowest BCUT2D eigenvalue weighted by atomic mass is 10.1. The molecule has 13 heteroatoms. The van der Waals surface area contributed by atoms with E-state index in [1.807, 2.05) is 0 Å². The lowest BCUT2D eigenvalue weighted by molar-refractivity contribution is 0.00706. The number of H-pyrrole nitrogens is 1. The van der Waals surface area contributed by atoms with Crippen molar-refractivity contribution >= 4 is 22.8 Å². The summed E-state index contributed by atoms with van der Waals surface area (Å²) in [6.07, 6.45) is -2.04. The van der Waals surface area contributed by atoms with E-state index < -0.39 is 48.3 Å². The minimum absolute atomic E-state index is 0.0611. The van der Waals surface area contributed by atoms with Gasteiger partial charge in [-0.1, -0.05) is 11.6 Å². The van der Waals surface area contributed by atoms with Gasteiger partial charge >= 0.3 is 0 Å². The Balaban J connectivity index is 1.27. The van der Waals surface area contributed by atoms with E-state index in [2.05, 4.69) is 15.0 Å². The molecule has 0 bridgehead atoms. The molecule has 194 valence electrons. The molecular formula is C23H24ClF2N3O7. The van der Waals surface area contributed by atoms with Gasteiger partial charge in [-0.2, -0.15) is 9.97 Å². The number of pyridine rings is 1. The molecule has 3 aromatic rings. The highest BCUT2D eigenvalue weighted by molar-refractivity contribution is 6.32. The van der Waals surface area contributed by atoms with Crippen molar-refractivity contribution in [2.24, 2.45) is 0 Å². The van der Waals surface area contributed by atoms with Gasteiger partial charge in [-0.15, -0.1) is 0 Å². The summed E-state index contributed by atoms with van der Waals surface area (Å²) in [5.74, 6) is -1.90. The third kappa shape index (κ3) is 5.18. The van der Waals surface area contributed by atoms with Crippen molar-refractivity contribution < 1.29 is 42.7 Å². The fourth-order valence-corrected chi connectivity index (χ4v) is 4.13. The van der Waals surface area contributed by atoms with E-state index in [4.69, 9.17) is 35.3 Å². The lowest BCUT2D eigenvalue weighted by Gasteiger charge is -2.18. The number of benzene rings is 1. The van der Waals surface area contributed by atoms with Crippen LogP contribution in [-0.4, -0.2) is 75.0 Å². The quantitative estimate of drug-likeness (QED) is 0.405. The van der Waals surface area contributed by atoms with Gasteiger partial charge in [-0.25, -0.2) is 8.78 Å². The molecule has 1 aromatic carbocycles. The Labute approximate surface area is 209 Å². The molecule has 2 aliphatic rings. The fraction of sp³-hybridized carbons (Fsp3) is 0.478. The van der Waals surface area contributed by atoms with E-state index in [9.17, 15) is 19.0 Å². The number of aliphatic hydroxyl groups is 2. The Morgan fingerprint density at radius 3 is 2.56 bits per heavy atom. The molecule has 2 saturated heterocycles. The zero-order chi connectivity index (χ0) is 25.6. The number of imidazole rings is 1. The highest BCUT2D eigenvalue weighted by atomic mass is 35.5. The first-order chi connectivity index (χ1) is 17.1. The van der Waals surface area contributed by atoms with Gasteiger partial charge in [0.15, 0.2) is 11.8 Å². The number of aliphatic hydroxyl groups excluding tert-OH is 1. The van der Waals surface area contributed by atoms with Crippen LogP contribution in [0.4, 0.5) is 8.78 Å². The SMILES string of the molecule is CC(C)(O)COc1cc(F)c(COc2nc3nc(O[C@@H]4COC5[C@H](O)CO[C@@H]54)[nH]c3cc2Cl)c(F)c1. The van der Waals surface area contributed by atoms with Crippen molar-refractivity contribution in [3.05, 3.63) is 40.4 Å². The summed E-state index contributed by atoms with van der Waals surface area (Å²) in [5, 5.41) is 19.7. The molecule has 2 aliphatic heterocycles. The molecule has 0 radical (unpaired) electrons. The zero-order valence-corrected chi connectivity index (χ0v) is 20.1. The second-order valence-electron chi connectivity index (χ2n) is 9.26. The van der Waals surface area contributed by atoms with E-state index in [1.165, 1.54) is 19.9 Å². The zero-order valence-electron chi connectivity index (χ0n) is 19.3. The van der Waals surface area contributed by atoms with Gasteiger partial charge < -0.3 is 38.9 Å². The number of hydrogen-bond donors (Lipinski definition) is 3. The van der Waals surface area contributed by atoms with Crippen LogP contribution in [0.1, 0.15) is 19.4 Å². The van der Waals surface area contributed by atoms with Crippen LogP contribution >= 0.6 is 11.6 Å². The van der Waals surface area contributed by atoms with Crippen molar-refractivity contribution in [3.63, 3.8) is 0 Å². The third-order valence-corrected chi connectivity index (χ3v) is 5.95. The molecule has 0 aliphatic carbocycles. The van der Waals surface area contributed by atoms with Crippen LogP contribution in [0.2, 0.25) is 5.02 Å². The van der Waals surface area contributed by atoms with Crippen LogP contribution in [0.5, 0.6) is 17.6 Å². The Bertz CT molecular complexity index is 1250. The molecule has 2 fully saturated rings. The summed E-state index contributed by atoms with van der Waals surface area (Å²) in [7, 11) is 0. The Morgan fingerprint density at radius 2 is 1.83 bits per heavy atom. The average molecular weight is 528 g/mol. The predicted octanol–water partition coefficient (Wildman–Crippen LogP) is 2.52. The van der Waals surface area contributed by atoms with Gasteiger partial charge in [-0.05, 0) is 19.9 Å². The van der Waals surface area contributed by atoms with Crippen LogP contribution in [0.25, 0.3) is 11.2 Å². The van der Waals surface area contributed by atoms with Crippen LogP contribution in [0.3, 0.4) is 0 Å². The standard InChI is InChI=1S/C23H24ClF2N3O7/c1-23(2,31)9-35-10-3-13(25)11(14(26)4-10)6-34-21-12(24)5-15-20(28-21)29-22(27-15)36-17-8-33-18-16(30)7-32-19(17)18/h3-5,16-19,30-31H,6-9H2,1-2H3,(H,27,28,29)/t16-,17-,18?,19-/m1/s1. The predicted molar refractivity (Wildman–Crippen MR) is 121 cm³/mol. The van der Waals surface area contributed by atoms with Crippen LogP contribution in [0.15, 0.2) is 18.2 Å². The van der Waals surface area contributed by atoms with E-state index in [1.54, 1.807) is 0 Å². The first kappa shape index (κ1) is 24.9. The maximum atomic E-state index is 14.5. The number of aromatic nitrogens is 3. The number of rotatable bonds is 8. The molecule has 0 saturated carbocycles. The van der Waals surface area contributed by atoms with Gasteiger partial charge in [0.1, 0.15) is 53.9 Å². The van der Waals surface area contributed by atoms with Crippen LogP contribution < -0.4 is 14.2 Å².